The van der Waals surface area contributed by atoms with E-state index in [2.05, 4.69) is 6.58 Å². The number of amides is 1. The highest BCUT2D eigenvalue weighted by atomic mass is 32.2. The average molecular weight is 507 g/mol. The van der Waals surface area contributed by atoms with E-state index in [0.29, 0.717) is 16.6 Å². The lowest BCUT2D eigenvalue weighted by molar-refractivity contribution is -0.121. The van der Waals surface area contributed by atoms with Crippen LogP contribution < -0.4 is 4.74 Å². The van der Waals surface area contributed by atoms with Crippen LogP contribution in [0.3, 0.4) is 0 Å². The molecule has 1 amide bonds. The standard InChI is InChI=1S/C30H26N4O2S/c1-4-18-33-29(35)27(37-30(33)31-24-14-10-21(2)11-15-24)19-23-20-34(25-8-6-5-7-9-25)32-28(23)22-12-16-26(36-3)17-13-22/h4-17,19-20H,1,18H2,2-3H3. The highest BCUT2D eigenvalue weighted by Gasteiger charge is 2.33. The molecule has 1 aromatic heterocycles. The van der Waals surface area contributed by atoms with Gasteiger partial charge < -0.3 is 4.74 Å². The van der Waals surface area contributed by atoms with E-state index >= 15 is 0 Å². The van der Waals surface area contributed by atoms with Crippen molar-refractivity contribution in [1.82, 2.24) is 14.7 Å². The topological polar surface area (TPSA) is 59.7 Å². The van der Waals surface area contributed by atoms with E-state index in [1.54, 1.807) is 18.1 Å². The van der Waals surface area contributed by atoms with Gasteiger partial charge in [-0.25, -0.2) is 9.67 Å². The van der Waals surface area contributed by atoms with Gasteiger partial charge in [0.1, 0.15) is 5.75 Å². The van der Waals surface area contributed by atoms with Crippen molar-refractivity contribution in [2.45, 2.75) is 6.92 Å². The minimum absolute atomic E-state index is 0.107. The van der Waals surface area contributed by atoms with Crippen LogP contribution in [0, 0.1) is 6.92 Å². The maximum absolute atomic E-state index is 13.4. The van der Waals surface area contributed by atoms with Gasteiger partial charge in [0.25, 0.3) is 5.91 Å². The predicted molar refractivity (Wildman–Crippen MR) is 151 cm³/mol. The molecule has 0 N–H and O–H groups in total. The normalized spacial score (nSPS) is 15.5. The van der Waals surface area contributed by atoms with E-state index in [1.165, 1.54) is 11.8 Å². The van der Waals surface area contributed by atoms with Crippen molar-refractivity contribution in [3.05, 3.63) is 114 Å². The second-order valence-corrected chi connectivity index (χ2v) is 9.50. The summed E-state index contributed by atoms with van der Waals surface area (Å²) in [7, 11) is 1.64. The molecule has 184 valence electrons. The monoisotopic (exact) mass is 506 g/mol. The van der Waals surface area contributed by atoms with Crippen molar-refractivity contribution >= 4 is 34.6 Å². The summed E-state index contributed by atoms with van der Waals surface area (Å²) in [4.78, 5) is 20.4. The number of aromatic nitrogens is 2. The van der Waals surface area contributed by atoms with E-state index in [1.807, 2.05) is 103 Å². The number of para-hydroxylation sites is 1. The first-order valence-corrected chi connectivity index (χ1v) is 12.6. The number of aryl methyl sites for hydroxylation is 1. The van der Waals surface area contributed by atoms with Crippen LogP contribution in [0.2, 0.25) is 0 Å². The van der Waals surface area contributed by atoms with Crippen molar-refractivity contribution in [2.75, 3.05) is 13.7 Å². The van der Waals surface area contributed by atoms with Gasteiger partial charge in [0.15, 0.2) is 5.17 Å². The van der Waals surface area contributed by atoms with Gasteiger partial charge >= 0.3 is 0 Å². The van der Waals surface area contributed by atoms with Crippen LogP contribution in [0.5, 0.6) is 5.75 Å². The summed E-state index contributed by atoms with van der Waals surface area (Å²) in [5, 5.41) is 5.50. The molecule has 1 fully saturated rings. The Labute approximate surface area is 220 Å². The minimum atomic E-state index is -0.107. The van der Waals surface area contributed by atoms with E-state index in [4.69, 9.17) is 14.8 Å². The molecule has 0 radical (unpaired) electrons. The fourth-order valence-corrected chi connectivity index (χ4v) is 4.93. The maximum Gasteiger partial charge on any atom is 0.267 e. The van der Waals surface area contributed by atoms with Crippen molar-refractivity contribution < 1.29 is 9.53 Å². The second-order valence-electron chi connectivity index (χ2n) is 8.49. The van der Waals surface area contributed by atoms with Gasteiger partial charge in [-0.05, 0) is 73.3 Å². The number of aliphatic imine (C=N–C) groups is 1. The zero-order valence-electron chi connectivity index (χ0n) is 20.7. The van der Waals surface area contributed by atoms with Crippen LogP contribution in [-0.4, -0.2) is 39.4 Å². The van der Waals surface area contributed by atoms with Gasteiger partial charge in [0.2, 0.25) is 0 Å². The molecule has 1 aliphatic heterocycles. The Kier molecular flexibility index (Phi) is 7.05. The summed E-state index contributed by atoms with van der Waals surface area (Å²) in [5.41, 5.74) is 5.42. The molecular formula is C30H26N4O2S. The van der Waals surface area contributed by atoms with E-state index in [9.17, 15) is 4.79 Å². The highest BCUT2D eigenvalue weighted by Crippen LogP contribution is 2.36. The molecule has 1 saturated heterocycles. The number of carbonyl (C=O) groups is 1. The number of ether oxygens (including phenoxy) is 1. The number of amidine groups is 1. The van der Waals surface area contributed by atoms with Crippen LogP contribution in [0.1, 0.15) is 11.1 Å². The Balaban J connectivity index is 1.57. The van der Waals surface area contributed by atoms with Crippen LogP contribution in [0.25, 0.3) is 23.0 Å². The third-order valence-corrected chi connectivity index (χ3v) is 6.88. The first-order chi connectivity index (χ1) is 18.1. The lowest BCUT2D eigenvalue weighted by Crippen LogP contribution is -2.29. The number of thioether (sulfide) groups is 1. The summed E-state index contributed by atoms with van der Waals surface area (Å²) >= 11 is 1.36. The zero-order valence-corrected chi connectivity index (χ0v) is 21.5. The van der Waals surface area contributed by atoms with E-state index in [-0.39, 0.29) is 5.91 Å². The Morgan fingerprint density at radius 2 is 1.76 bits per heavy atom. The van der Waals surface area contributed by atoms with Gasteiger partial charge in [-0.1, -0.05) is 42.0 Å². The third-order valence-electron chi connectivity index (χ3n) is 5.87. The summed E-state index contributed by atoms with van der Waals surface area (Å²) in [6.45, 7) is 6.24. The van der Waals surface area contributed by atoms with Crippen LogP contribution >= 0.6 is 11.8 Å². The SMILES string of the molecule is C=CCN1C(=O)C(=Cc2cn(-c3ccccc3)nc2-c2ccc(OC)cc2)SC1=Nc1ccc(C)cc1. The molecule has 37 heavy (non-hydrogen) atoms. The zero-order chi connectivity index (χ0) is 25.8. The summed E-state index contributed by atoms with van der Waals surface area (Å²) in [5.74, 6) is 0.661. The lowest BCUT2D eigenvalue weighted by atomic mass is 10.1. The third kappa shape index (κ3) is 5.27. The minimum Gasteiger partial charge on any atom is -0.497 e. The van der Waals surface area contributed by atoms with Gasteiger partial charge in [0.05, 0.1) is 29.1 Å². The van der Waals surface area contributed by atoms with Crippen molar-refractivity contribution in [3.63, 3.8) is 0 Å². The molecule has 0 atom stereocenters. The van der Waals surface area contributed by atoms with Crippen molar-refractivity contribution in [1.29, 1.82) is 0 Å². The van der Waals surface area contributed by atoms with Crippen LogP contribution in [0.4, 0.5) is 5.69 Å². The van der Waals surface area contributed by atoms with E-state index in [0.717, 1.165) is 39.5 Å². The molecule has 2 heterocycles. The highest BCUT2D eigenvalue weighted by molar-refractivity contribution is 8.18. The molecule has 6 nitrogen and oxygen atoms in total. The molecule has 5 rings (SSSR count). The Hall–Kier alpha value is -4.36. The number of nitrogens with zero attached hydrogens (tertiary/aromatic N) is 4. The Morgan fingerprint density at radius 3 is 2.43 bits per heavy atom. The smallest absolute Gasteiger partial charge is 0.267 e. The first kappa shape index (κ1) is 24.3. The summed E-state index contributed by atoms with van der Waals surface area (Å²) < 4.78 is 7.15. The number of rotatable bonds is 7. The van der Waals surface area contributed by atoms with Gasteiger partial charge in [-0.2, -0.15) is 5.10 Å². The second kappa shape index (κ2) is 10.7. The molecule has 3 aromatic carbocycles. The van der Waals surface area contributed by atoms with Gasteiger partial charge in [-0.15, -0.1) is 6.58 Å². The molecule has 0 spiro atoms. The van der Waals surface area contributed by atoms with Crippen LogP contribution in [-0.2, 0) is 4.79 Å². The molecule has 0 bridgehead atoms. The molecule has 1 aliphatic rings. The molecule has 0 saturated carbocycles. The molecular weight excluding hydrogens is 480 g/mol. The molecule has 0 unspecified atom stereocenters. The van der Waals surface area contributed by atoms with Crippen molar-refractivity contribution in [2.24, 2.45) is 4.99 Å². The number of hydrogen-bond acceptors (Lipinski definition) is 5. The van der Waals surface area contributed by atoms with Crippen LogP contribution in [0.15, 0.2) is 108 Å². The summed E-state index contributed by atoms with van der Waals surface area (Å²) in [6, 6.07) is 25.6. The number of carbonyl (C=O) groups excluding carboxylic acids is 1. The van der Waals surface area contributed by atoms with E-state index < -0.39 is 0 Å². The largest absolute Gasteiger partial charge is 0.497 e. The fourth-order valence-electron chi connectivity index (χ4n) is 3.93. The predicted octanol–water partition coefficient (Wildman–Crippen LogP) is 6.65. The average Bonchev–Trinajstić information content (AvgIpc) is 3.48. The number of hydrogen-bond donors (Lipinski definition) is 0. The van der Waals surface area contributed by atoms with Gasteiger partial charge in [-0.3, -0.25) is 9.69 Å². The van der Waals surface area contributed by atoms with Crippen molar-refractivity contribution in [3.8, 4) is 22.7 Å². The number of benzene rings is 3. The number of methoxy groups -OCH3 is 1. The quantitative estimate of drug-likeness (QED) is 0.208. The molecule has 4 aromatic rings. The fraction of sp³-hybridized carbons (Fsp3) is 0.100. The Bertz CT molecular complexity index is 1490. The maximum atomic E-state index is 13.4. The first-order valence-electron chi connectivity index (χ1n) is 11.8. The van der Waals surface area contributed by atoms with Gasteiger partial charge in [0, 0.05) is 23.9 Å². The summed E-state index contributed by atoms with van der Waals surface area (Å²) in [6.07, 6.45) is 5.55. The lowest BCUT2D eigenvalue weighted by Gasteiger charge is -2.12. The molecule has 0 aliphatic carbocycles. The Morgan fingerprint density at radius 1 is 1.03 bits per heavy atom. The molecule has 7 heteroatoms.